The van der Waals surface area contributed by atoms with E-state index >= 15 is 0 Å². The SMILES string of the molecule is CC/C=C\C/C=C\C/C=C\C/C=C\CCCCCCC(=O)O[C@@H](COC(=O)CCCCCCC/C=C\CCCCCC)COC(=O)CCCCCCCCC/C=C\C/C=C\CCCCC. The van der Waals surface area contributed by atoms with Crippen molar-refractivity contribution in [1.82, 2.24) is 0 Å². The first-order chi connectivity index (χ1) is 32.0. The zero-order valence-electron chi connectivity index (χ0n) is 42.5. The molecule has 0 saturated heterocycles. The zero-order chi connectivity index (χ0) is 47.2. The molecule has 0 amide bonds. The molecule has 0 aromatic heterocycles. The number of ether oxygens (including phenoxy) is 3. The van der Waals surface area contributed by atoms with Crippen LogP contribution in [-0.2, 0) is 28.6 Å². The predicted octanol–water partition coefficient (Wildman–Crippen LogP) is 18.0. The Kier molecular flexibility index (Phi) is 50.4. The first-order valence-electron chi connectivity index (χ1n) is 27.1. The molecule has 0 aliphatic heterocycles. The third-order valence-electron chi connectivity index (χ3n) is 11.4. The summed E-state index contributed by atoms with van der Waals surface area (Å²) in [7, 11) is 0. The van der Waals surface area contributed by atoms with E-state index < -0.39 is 6.10 Å². The van der Waals surface area contributed by atoms with Gasteiger partial charge in [0.15, 0.2) is 6.10 Å². The minimum absolute atomic E-state index is 0.0937. The Morgan fingerprint density at radius 1 is 0.323 bits per heavy atom. The van der Waals surface area contributed by atoms with E-state index in [1.54, 1.807) is 0 Å². The van der Waals surface area contributed by atoms with Gasteiger partial charge in [0.05, 0.1) is 0 Å². The highest BCUT2D eigenvalue weighted by Gasteiger charge is 2.19. The minimum Gasteiger partial charge on any atom is -0.462 e. The molecule has 0 N–H and O–H groups in total. The predicted molar refractivity (Wildman–Crippen MR) is 279 cm³/mol. The first kappa shape index (κ1) is 61.6. The van der Waals surface area contributed by atoms with Gasteiger partial charge in [-0.3, -0.25) is 14.4 Å². The number of carbonyl (C=O) groups is 3. The summed E-state index contributed by atoms with van der Waals surface area (Å²) in [6.07, 6.45) is 68.5. The van der Waals surface area contributed by atoms with Gasteiger partial charge in [0, 0.05) is 19.3 Å². The molecule has 0 heterocycles. The molecule has 0 bridgehead atoms. The van der Waals surface area contributed by atoms with Gasteiger partial charge in [0.1, 0.15) is 13.2 Å². The molecule has 0 fully saturated rings. The van der Waals surface area contributed by atoms with Gasteiger partial charge in [-0.1, -0.05) is 202 Å². The molecule has 6 heteroatoms. The Hall–Kier alpha value is -3.41. The van der Waals surface area contributed by atoms with Crippen LogP contribution in [0.3, 0.4) is 0 Å². The van der Waals surface area contributed by atoms with E-state index in [9.17, 15) is 14.4 Å². The highest BCUT2D eigenvalue weighted by atomic mass is 16.6. The molecule has 65 heavy (non-hydrogen) atoms. The monoisotopic (exact) mass is 905 g/mol. The highest BCUT2D eigenvalue weighted by molar-refractivity contribution is 5.71. The fourth-order valence-corrected chi connectivity index (χ4v) is 7.28. The van der Waals surface area contributed by atoms with Crippen LogP contribution in [0.1, 0.15) is 252 Å². The standard InChI is InChI=1S/C59H100O6/c1-4-7-10-13-16-19-22-25-27-29-31-34-37-40-43-46-49-52-58(61)64-55-56(54-63-57(60)51-48-45-42-39-36-33-24-21-18-15-12-9-6-3)65-59(62)53-50-47-44-41-38-35-32-30-28-26-23-20-17-14-11-8-5-2/h8,11,16-17,19-21,24-28,32,35,56H,4-7,9-10,12-15,18,22-23,29-31,33-34,36-55H2,1-3H3/b11-8-,19-16-,20-17-,24-21-,27-25-,28-26-,35-32-/t56-/m0/s1. The molecular weight excluding hydrogens is 805 g/mol. The van der Waals surface area contributed by atoms with E-state index in [0.717, 1.165) is 116 Å². The lowest BCUT2D eigenvalue weighted by molar-refractivity contribution is -0.167. The number of esters is 3. The maximum atomic E-state index is 12.8. The number of carbonyl (C=O) groups excluding carboxylic acids is 3. The highest BCUT2D eigenvalue weighted by Crippen LogP contribution is 2.14. The van der Waals surface area contributed by atoms with Gasteiger partial charge < -0.3 is 14.2 Å². The summed E-state index contributed by atoms with van der Waals surface area (Å²) in [6.45, 7) is 6.45. The molecule has 0 aromatic rings. The molecule has 0 rings (SSSR count). The lowest BCUT2D eigenvalue weighted by Crippen LogP contribution is -2.30. The van der Waals surface area contributed by atoms with Crippen molar-refractivity contribution in [1.29, 1.82) is 0 Å². The summed E-state index contributed by atoms with van der Waals surface area (Å²) >= 11 is 0. The van der Waals surface area contributed by atoms with Crippen molar-refractivity contribution in [3.63, 3.8) is 0 Å². The molecule has 372 valence electrons. The van der Waals surface area contributed by atoms with Crippen molar-refractivity contribution in [2.24, 2.45) is 0 Å². The Morgan fingerprint density at radius 3 is 0.985 bits per heavy atom. The molecule has 0 aromatic carbocycles. The van der Waals surface area contributed by atoms with Crippen LogP contribution in [0.5, 0.6) is 0 Å². The first-order valence-corrected chi connectivity index (χ1v) is 27.1. The van der Waals surface area contributed by atoms with Crippen LogP contribution in [0.4, 0.5) is 0 Å². The number of rotatable bonds is 48. The summed E-state index contributed by atoms with van der Waals surface area (Å²) in [5.74, 6) is -0.932. The van der Waals surface area contributed by atoms with E-state index in [1.807, 2.05) is 0 Å². The van der Waals surface area contributed by atoms with E-state index in [-0.39, 0.29) is 31.1 Å². The normalized spacial score (nSPS) is 12.7. The lowest BCUT2D eigenvalue weighted by atomic mass is 10.1. The second-order valence-electron chi connectivity index (χ2n) is 17.7. The molecule has 0 spiro atoms. The Morgan fingerprint density at radius 2 is 0.600 bits per heavy atom. The van der Waals surface area contributed by atoms with Gasteiger partial charge in [0.25, 0.3) is 0 Å². The zero-order valence-corrected chi connectivity index (χ0v) is 42.5. The number of hydrogen-bond donors (Lipinski definition) is 0. The van der Waals surface area contributed by atoms with Crippen LogP contribution in [-0.4, -0.2) is 37.2 Å². The second-order valence-corrected chi connectivity index (χ2v) is 17.7. The van der Waals surface area contributed by atoms with Crippen molar-refractivity contribution < 1.29 is 28.6 Å². The van der Waals surface area contributed by atoms with Crippen LogP contribution in [0, 0.1) is 0 Å². The van der Waals surface area contributed by atoms with E-state index in [4.69, 9.17) is 14.2 Å². The summed E-state index contributed by atoms with van der Waals surface area (Å²) in [4.78, 5) is 38.1. The number of unbranched alkanes of at least 4 members (excludes halogenated alkanes) is 23. The minimum atomic E-state index is -0.796. The van der Waals surface area contributed by atoms with Gasteiger partial charge in [-0.15, -0.1) is 0 Å². The summed E-state index contributed by atoms with van der Waals surface area (Å²) in [5.41, 5.74) is 0. The average Bonchev–Trinajstić information content (AvgIpc) is 3.30. The van der Waals surface area contributed by atoms with E-state index in [2.05, 4.69) is 106 Å². The number of allylic oxidation sites excluding steroid dienone is 14. The molecular formula is C59H100O6. The fraction of sp³-hybridized carbons (Fsp3) is 0.712. The van der Waals surface area contributed by atoms with Gasteiger partial charge in [-0.25, -0.2) is 0 Å². The molecule has 0 aliphatic rings. The fourth-order valence-electron chi connectivity index (χ4n) is 7.28. The van der Waals surface area contributed by atoms with Crippen LogP contribution in [0.25, 0.3) is 0 Å². The smallest absolute Gasteiger partial charge is 0.306 e. The summed E-state index contributed by atoms with van der Waals surface area (Å²) in [5, 5.41) is 0. The van der Waals surface area contributed by atoms with Crippen LogP contribution >= 0.6 is 0 Å². The molecule has 6 nitrogen and oxygen atoms in total. The molecule has 0 radical (unpaired) electrons. The Labute approximate surface area is 401 Å². The molecule has 0 saturated carbocycles. The van der Waals surface area contributed by atoms with E-state index in [0.29, 0.717) is 19.3 Å². The van der Waals surface area contributed by atoms with Gasteiger partial charge in [0.2, 0.25) is 0 Å². The quantitative estimate of drug-likeness (QED) is 0.0262. The topological polar surface area (TPSA) is 78.9 Å². The maximum absolute atomic E-state index is 12.8. The van der Waals surface area contributed by atoms with Crippen molar-refractivity contribution in [3.8, 4) is 0 Å². The Balaban J connectivity index is 4.45. The summed E-state index contributed by atoms with van der Waals surface area (Å²) < 4.78 is 16.8. The lowest BCUT2D eigenvalue weighted by Gasteiger charge is -2.18. The molecule has 0 unspecified atom stereocenters. The second kappa shape index (κ2) is 53.2. The average molecular weight is 905 g/mol. The van der Waals surface area contributed by atoms with Gasteiger partial charge >= 0.3 is 17.9 Å². The van der Waals surface area contributed by atoms with Crippen molar-refractivity contribution >= 4 is 17.9 Å². The van der Waals surface area contributed by atoms with Crippen LogP contribution in [0.15, 0.2) is 85.1 Å². The third kappa shape index (κ3) is 51.4. The van der Waals surface area contributed by atoms with Crippen molar-refractivity contribution in [2.45, 2.75) is 258 Å². The van der Waals surface area contributed by atoms with Crippen molar-refractivity contribution in [2.75, 3.05) is 13.2 Å². The summed E-state index contributed by atoms with van der Waals surface area (Å²) in [6, 6.07) is 0. The number of hydrogen-bond acceptors (Lipinski definition) is 6. The molecule has 1 atom stereocenters. The molecule has 0 aliphatic carbocycles. The van der Waals surface area contributed by atoms with Crippen molar-refractivity contribution in [3.05, 3.63) is 85.1 Å². The van der Waals surface area contributed by atoms with E-state index in [1.165, 1.54) is 96.3 Å². The van der Waals surface area contributed by atoms with Crippen LogP contribution in [0.2, 0.25) is 0 Å². The van der Waals surface area contributed by atoms with Gasteiger partial charge in [-0.05, 0) is 116 Å². The largest absolute Gasteiger partial charge is 0.462 e. The van der Waals surface area contributed by atoms with Gasteiger partial charge in [-0.2, -0.15) is 0 Å². The Bertz CT molecular complexity index is 1270. The maximum Gasteiger partial charge on any atom is 0.306 e. The third-order valence-corrected chi connectivity index (χ3v) is 11.4. The van der Waals surface area contributed by atoms with Crippen LogP contribution < -0.4 is 0 Å².